The number of anilines is 2. The average Bonchev–Trinajstić information content (AvgIpc) is 3.78. The summed E-state index contributed by atoms with van der Waals surface area (Å²) in [6.07, 6.45) is 8.87. The fourth-order valence-corrected chi connectivity index (χ4v) is 10.3. The molecule has 6 aromatic rings. The van der Waals surface area contributed by atoms with E-state index in [1.54, 1.807) is 0 Å². The lowest BCUT2D eigenvalue weighted by molar-refractivity contribution is 0.660. The normalized spacial score (nSPS) is 17.2. The molecule has 0 saturated heterocycles. The number of para-hydroxylation sites is 1. The van der Waals surface area contributed by atoms with Gasteiger partial charge in [-0.3, -0.25) is 0 Å². The van der Waals surface area contributed by atoms with Gasteiger partial charge in [-0.1, -0.05) is 158 Å². The summed E-state index contributed by atoms with van der Waals surface area (Å²) >= 11 is 0. The van der Waals surface area contributed by atoms with Crippen molar-refractivity contribution >= 4 is 22.5 Å². The van der Waals surface area contributed by atoms with Gasteiger partial charge >= 0.3 is 0 Å². The Bertz CT molecular complexity index is 2790. The molecule has 0 aromatic heterocycles. The van der Waals surface area contributed by atoms with Crippen LogP contribution >= 0.6 is 0 Å². The second kappa shape index (κ2) is 11.3. The molecule has 1 heteroatoms. The summed E-state index contributed by atoms with van der Waals surface area (Å²) in [7, 11) is 0. The van der Waals surface area contributed by atoms with Crippen molar-refractivity contribution in [3.05, 3.63) is 225 Å². The van der Waals surface area contributed by atoms with Crippen LogP contribution in [0.3, 0.4) is 0 Å². The minimum atomic E-state index is -0.428. The zero-order valence-corrected chi connectivity index (χ0v) is 30.9. The minimum Gasteiger partial charge on any atom is -0.314 e. The Morgan fingerprint density at radius 1 is 0.537 bits per heavy atom. The molecule has 0 unspecified atom stereocenters. The SMILES string of the molecule is CC1=CC=C(N(c2ccc3c(c2)C(C)(C)c2ccccc2-3)c2ccccc2C2=C=C=CC3=C2c2ccccc2C32c3ccccc3-c3ccccc32)CC1. The Labute approximate surface area is 318 Å². The molecule has 5 aliphatic carbocycles. The first kappa shape index (κ1) is 31.2. The van der Waals surface area contributed by atoms with Crippen molar-refractivity contribution in [1.82, 2.24) is 0 Å². The molecule has 256 valence electrons. The number of allylic oxidation sites excluding steroid dienone is 8. The molecule has 54 heavy (non-hydrogen) atoms. The first-order valence-corrected chi connectivity index (χ1v) is 19.2. The monoisotopic (exact) mass is 689 g/mol. The summed E-state index contributed by atoms with van der Waals surface area (Å²) in [5.41, 5.74) is 30.0. The van der Waals surface area contributed by atoms with E-state index in [1.165, 1.54) is 83.7 Å². The highest BCUT2D eigenvalue weighted by Crippen LogP contribution is 2.64. The van der Waals surface area contributed by atoms with Crippen molar-refractivity contribution in [3.8, 4) is 22.3 Å². The number of fused-ring (bicyclic) bond motifs is 12. The van der Waals surface area contributed by atoms with Gasteiger partial charge in [-0.2, -0.15) is 0 Å². The molecule has 0 fully saturated rings. The van der Waals surface area contributed by atoms with Gasteiger partial charge in [0.2, 0.25) is 0 Å². The van der Waals surface area contributed by atoms with Crippen molar-refractivity contribution in [2.24, 2.45) is 0 Å². The molecular weight excluding hydrogens is 651 g/mol. The standard InChI is InChI=1S/C53H39N/c1-34-27-29-35(30-28-34)54(36-31-32-40-37-15-4-9-21-44(37)52(2,3)49(40)33-36)50-26-13-8-18-41(50)42-20-14-25-48-51(42)43-19-7-12-24-47(43)53(48)45-22-10-5-16-38(45)39-17-6-11-23-46(39)53/h4-13,15-19,21-27,29,31-33H,28,30H2,1-3H3. The van der Waals surface area contributed by atoms with Gasteiger partial charge < -0.3 is 4.90 Å². The third-order valence-electron chi connectivity index (χ3n) is 12.8. The molecule has 5 aliphatic rings. The highest BCUT2D eigenvalue weighted by molar-refractivity contribution is 6.15. The molecule has 0 bridgehead atoms. The maximum absolute atomic E-state index is 3.72. The molecule has 1 nitrogen and oxygen atoms in total. The molecule has 0 saturated carbocycles. The molecule has 6 aromatic carbocycles. The summed E-state index contributed by atoms with van der Waals surface area (Å²) in [4.78, 5) is 2.53. The fourth-order valence-electron chi connectivity index (χ4n) is 10.3. The second-order valence-electron chi connectivity index (χ2n) is 15.9. The van der Waals surface area contributed by atoms with Gasteiger partial charge in [-0.15, -0.1) is 0 Å². The maximum atomic E-state index is 3.72. The minimum absolute atomic E-state index is 0.0978. The van der Waals surface area contributed by atoms with Gasteiger partial charge in [0.05, 0.1) is 11.1 Å². The summed E-state index contributed by atoms with van der Waals surface area (Å²) in [5.74, 6) is 0. The predicted molar refractivity (Wildman–Crippen MR) is 224 cm³/mol. The fraction of sp³-hybridized carbons (Fsp3) is 0.132. The summed E-state index contributed by atoms with van der Waals surface area (Å²) in [6.45, 7) is 6.98. The van der Waals surface area contributed by atoms with E-state index in [1.807, 2.05) is 0 Å². The van der Waals surface area contributed by atoms with E-state index in [9.17, 15) is 0 Å². The number of hydrogen-bond donors (Lipinski definition) is 0. The van der Waals surface area contributed by atoms with Crippen LogP contribution in [0.2, 0.25) is 0 Å². The molecule has 0 radical (unpaired) electrons. The van der Waals surface area contributed by atoms with Gasteiger partial charge in [-0.05, 0) is 111 Å². The van der Waals surface area contributed by atoms with Crippen molar-refractivity contribution in [2.75, 3.05) is 4.90 Å². The third kappa shape index (κ3) is 4.06. The lowest BCUT2D eigenvalue weighted by Gasteiger charge is -2.33. The molecular formula is C53H39N. The van der Waals surface area contributed by atoms with E-state index in [2.05, 4.69) is 195 Å². The average molecular weight is 690 g/mol. The van der Waals surface area contributed by atoms with Crippen LogP contribution in [-0.2, 0) is 10.8 Å². The van der Waals surface area contributed by atoms with Gasteiger partial charge in [-0.25, -0.2) is 0 Å². The summed E-state index contributed by atoms with van der Waals surface area (Å²) in [6, 6.07) is 52.1. The highest BCUT2D eigenvalue weighted by atomic mass is 15.2. The molecule has 0 aliphatic heterocycles. The Hall–Kier alpha value is -6.36. The Kier molecular flexibility index (Phi) is 6.54. The first-order chi connectivity index (χ1) is 26.5. The van der Waals surface area contributed by atoms with Crippen LogP contribution in [0.15, 0.2) is 186 Å². The van der Waals surface area contributed by atoms with Crippen molar-refractivity contribution < 1.29 is 0 Å². The summed E-state index contributed by atoms with van der Waals surface area (Å²) in [5, 5.41) is 0. The van der Waals surface area contributed by atoms with Crippen molar-refractivity contribution in [2.45, 2.75) is 44.4 Å². The molecule has 0 N–H and O–H groups in total. The van der Waals surface area contributed by atoms with Gasteiger partial charge in [0, 0.05) is 33.5 Å². The molecule has 0 heterocycles. The molecule has 0 amide bonds. The number of hydrogen-bond acceptors (Lipinski definition) is 1. The Morgan fingerprint density at radius 2 is 1.09 bits per heavy atom. The summed E-state index contributed by atoms with van der Waals surface area (Å²) < 4.78 is 0. The van der Waals surface area contributed by atoms with Crippen LogP contribution in [0.25, 0.3) is 33.4 Å². The largest absolute Gasteiger partial charge is 0.314 e. The predicted octanol–water partition coefficient (Wildman–Crippen LogP) is 13.2. The number of rotatable bonds is 4. The smallest absolute Gasteiger partial charge is 0.0732 e. The Balaban J connectivity index is 1.14. The highest BCUT2D eigenvalue weighted by Gasteiger charge is 2.53. The molecule has 0 atom stereocenters. The zero-order valence-electron chi connectivity index (χ0n) is 30.9. The van der Waals surface area contributed by atoms with Gasteiger partial charge in [0.1, 0.15) is 0 Å². The van der Waals surface area contributed by atoms with Crippen LogP contribution in [0.1, 0.15) is 72.6 Å². The zero-order chi connectivity index (χ0) is 36.2. The molecule has 1 spiro atoms. The van der Waals surface area contributed by atoms with Crippen molar-refractivity contribution in [3.63, 3.8) is 0 Å². The van der Waals surface area contributed by atoms with Gasteiger partial charge in [0.15, 0.2) is 0 Å². The van der Waals surface area contributed by atoms with E-state index in [0.717, 1.165) is 29.7 Å². The maximum Gasteiger partial charge on any atom is 0.0732 e. The second-order valence-corrected chi connectivity index (χ2v) is 15.9. The third-order valence-corrected chi connectivity index (χ3v) is 12.8. The van der Waals surface area contributed by atoms with Crippen molar-refractivity contribution in [1.29, 1.82) is 0 Å². The van der Waals surface area contributed by atoms with E-state index in [4.69, 9.17) is 0 Å². The first-order valence-electron chi connectivity index (χ1n) is 19.2. The van der Waals surface area contributed by atoms with Crippen LogP contribution < -0.4 is 4.90 Å². The quantitative estimate of drug-likeness (QED) is 0.167. The van der Waals surface area contributed by atoms with Crippen LogP contribution in [0.5, 0.6) is 0 Å². The lowest BCUT2D eigenvalue weighted by Crippen LogP contribution is -2.26. The Morgan fingerprint density at radius 3 is 1.76 bits per heavy atom. The number of nitrogens with zero attached hydrogens (tertiary/aromatic N) is 1. The van der Waals surface area contributed by atoms with Crippen LogP contribution in [0.4, 0.5) is 11.4 Å². The van der Waals surface area contributed by atoms with E-state index in [-0.39, 0.29) is 5.41 Å². The van der Waals surface area contributed by atoms with Crippen LogP contribution in [0, 0.1) is 0 Å². The van der Waals surface area contributed by atoms with Crippen LogP contribution in [-0.4, -0.2) is 0 Å². The van der Waals surface area contributed by atoms with E-state index in [0.29, 0.717) is 0 Å². The number of benzene rings is 6. The van der Waals surface area contributed by atoms with E-state index >= 15 is 0 Å². The topological polar surface area (TPSA) is 3.24 Å². The van der Waals surface area contributed by atoms with Gasteiger partial charge in [0.25, 0.3) is 0 Å². The lowest BCUT2D eigenvalue weighted by atomic mass is 9.69. The molecule has 11 rings (SSSR count). The van der Waals surface area contributed by atoms with E-state index < -0.39 is 5.41 Å².